The molecule has 0 spiro atoms. The molecule has 102 valence electrons. The third-order valence-corrected chi connectivity index (χ3v) is 2.95. The van der Waals surface area contributed by atoms with Gasteiger partial charge >= 0.3 is 0 Å². The number of rotatable bonds is 4. The summed E-state index contributed by atoms with van der Waals surface area (Å²) in [5.74, 6) is 0. The molecule has 1 heterocycles. The van der Waals surface area contributed by atoms with Crippen molar-refractivity contribution in [1.29, 1.82) is 0 Å². The smallest absolute Gasteiger partial charge is 0.187 e. The predicted octanol–water partition coefficient (Wildman–Crippen LogP) is 2.47. The summed E-state index contributed by atoms with van der Waals surface area (Å²) < 4.78 is 0. The van der Waals surface area contributed by atoms with Gasteiger partial charge in [0, 0.05) is 24.5 Å². The quantitative estimate of drug-likeness (QED) is 0.514. The van der Waals surface area contributed by atoms with Crippen LogP contribution in [-0.4, -0.2) is 15.8 Å². The van der Waals surface area contributed by atoms with Gasteiger partial charge in [-0.3, -0.25) is 10.4 Å². The summed E-state index contributed by atoms with van der Waals surface area (Å²) in [5, 5.41) is 7.85. The zero-order valence-electron chi connectivity index (χ0n) is 11.2. The van der Waals surface area contributed by atoms with Crippen LogP contribution in [0, 0.1) is 0 Å². The molecule has 0 atom stereocenters. The first kappa shape index (κ1) is 14.1. The van der Waals surface area contributed by atoms with Crippen LogP contribution in [0.5, 0.6) is 0 Å². The van der Waals surface area contributed by atoms with E-state index in [-0.39, 0.29) is 0 Å². The molecule has 0 aliphatic rings. The molecule has 20 heavy (non-hydrogen) atoms. The van der Waals surface area contributed by atoms with Gasteiger partial charge in [0.25, 0.3) is 0 Å². The lowest BCUT2D eigenvalue weighted by Gasteiger charge is -2.08. The zero-order valence-corrected chi connectivity index (χ0v) is 12.0. The number of hydrogen-bond acceptors (Lipinski definition) is 3. The van der Waals surface area contributed by atoms with E-state index in [9.17, 15) is 0 Å². The van der Waals surface area contributed by atoms with Crippen molar-refractivity contribution in [2.24, 2.45) is 5.10 Å². The van der Waals surface area contributed by atoms with Crippen LogP contribution in [0.15, 0.2) is 60.0 Å². The second kappa shape index (κ2) is 7.35. The highest BCUT2D eigenvalue weighted by atomic mass is 32.1. The van der Waals surface area contributed by atoms with Gasteiger partial charge in [-0.15, -0.1) is 0 Å². The molecule has 0 aliphatic heterocycles. The van der Waals surface area contributed by atoms with Gasteiger partial charge in [0.05, 0.1) is 5.71 Å². The summed E-state index contributed by atoms with van der Waals surface area (Å²) in [7, 11) is 0. The van der Waals surface area contributed by atoms with Crippen LogP contribution in [0.4, 0.5) is 0 Å². The highest BCUT2D eigenvalue weighted by Crippen LogP contribution is 1.98. The fourth-order valence-corrected chi connectivity index (χ4v) is 1.73. The highest BCUT2D eigenvalue weighted by Gasteiger charge is 1.98. The molecular weight excluding hydrogens is 268 g/mol. The van der Waals surface area contributed by atoms with Gasteiger partial charge in [-0.05, 0) is 36.8 Å². The molecule has 0 aliphatic carbocycles. The molecular formula is C15H16N4S. The molecule has 2 aromatic rings. The number of nitrogens with zero attached hydrogens (tertiary/aromatic N) is 2. The Morgan fingerprint density at radius 1 is 1.15 bits per heavy atom. The molecule has 4 nitrogen and oxygen atoms in total. The Hall–Kier alpha value is -2.27. The minimum absolute atomic E-state index is 0.502. The third-order valence-electron chi connectivity index (χ3n) is 2.72. The Bertz CT molecular complexity index is 581. The van der Waals surface area contributed by atoms with Crippen molar-refractivity contribution in [2.75, 3.05) is 0 Å². The number of nitrogens with one attached hydrogen (secondary N) is 2. The Labute approximate surface area is 123 Å². The second-order valence-corrected chi connectivity index (χ2v) is 4.62. The average Bonchev–Trinajstić information content (AvgIpc) is 2.52. The summed E-state index contributed by atoms with van der Waals surface area (Å²) in [6.45, 7) is 2.60. The molecule has 0 unspecified atom stereocenters. The van der Waals surface area contributed by atoms with Crippen molar-refractivity contribution in [3.05, 3.63) is 66.0 Å². The van der Waals surface area contributed by atoms with Gasteiger partial charge in [-0.25, -0.2) is 0 Å². The van der Waals surface area contributed by atoms with Gasteiger partial charge in [0.2, 0.25) is 0 Å². The van der Waals surface area contributed by atoms with Crippen molar-refractivity contribution >= 4 is 23.0 Å². The molecule has 0 amide bonds. The van der Waals surface area contributed by atoms with Crippen LogP contribution in [-0.2, 0) is 6.54 Å². The summed E-state index contributed by atoms with van der Waals surface area (Å²) in [5.41, 5.74) is 5.88. The lowest BCUT2D eigenvalue weighted by Crippen LogP contribution is -2.32. The number of aromatic nitrogens is 1. The SMILES string of the molecule is C/C(=N/NC(=S)NCc1ccccc1)c1ccncc1. The monoisotopic (exact) mass is 284 g/mol. The number of hydrogen-bond donors (Lipinski definition) is 2. The first-order valence-electron chi connectivity index (χ1n) is 6.28. The summed E-state index contributed by atoms with van der Waals surface area (Å²) in [4.78, 5) is 3.97. The fourth-order valence-electron chi connectivity index (χ4n) is 1.61. The van der Waals surface area contributed by atoms with Crippen LogP contribution < -0.4 is 10.7 Å². The summed E-state index contributed by atoms with van der Waals surface area (Å²) in [6.07, 6.45) is 3.47. The van der Waals surface area contributed by atoms with Crippen LogP contribution >= 0.6 is 12.2 Å². The number of pyridine rings is 1. The molecule has 0 bridgehead atoms. The predicted molar refractivity (Wildman–Crippen MR) is 85.5 cm³/mol. The molecule has 0 saturated carbocycles. The molecule has 1 aromatic heterocycles. The van der Waals surface area contributed by atoms with Crippen molar-refractivity contribution in [1.82, 2.24) is 15.7 Å². The van der Waals surface area contributed by atoms with Crippen LogP contribution in [0.3, 0.4) is 0 Å². The van der Waals surface area contributed by atoms with E-state index in [1.165, 1.54) is 5.56 Å². The molecule has 1 aromatic carbocycles. The third kappa shape index (κ3) is 4.44. The van der Waals surface area contributed by atoms with Crippen molar-refractivity contribution in [3.8, 4) is 0 Å². The minimum atomic E-state index is 0.502. The topological polar surface area (TPSA) is 49.3 Å². The summed E-state index contributed by atoms with van der Waals surface area (Å²) in [6, 6.07) is 13.9. The van der Waals surface area contributed by atoms with E-state index >= 15 is 0 Å². The Morgan fingerprint density at radius 2 is 1.85 bits per heavy atom. The van der Waals surface area contributed by atoms with Gasteiger partial charge in [-0.1, -0.05) is 30.3 Å². The maximum atomic E-state index is 5.18. The standard InChI is InChI=1S/C15H16N4S/c1-12(14-7-9-16-10-8-14)18-19-15(20)17-11-13-5-3-2-4-6-13/h2-10H,11H2,1H3,(H2,17,19,20)/b18-12-. The van der Waals surface area contributed by atoms with Crippen molar-refractivity contribution in [2.45, 2.75) is 13.5 Å². The number of hydrazone groups is 1. The maximum Gasteiger partial charge on any atom is 0.187 e. The Kier molecular flexibility index (Phi) is 5.20. The number of thiocarbonyl (C=S) groups is 1. The van der Waals surface area contributed by atoms with E-state index < -0.39 is 0 Å². The number of benzene rings is 1. The van der Waals surface area contributed by atoms with Crippen LogP contribution in [0.2, 0.25) is 0 Å². The largest absolute Gasteiger partial charge is 0.357 e. The lowest BCUT2D eigenvalue weighted by atomic mass is 10.2. The van der Waals surface area contributed by atoms with E-state index in [2.05, 4.69) is 20.8 Å². The van der Waals surface area contributed by atoms with E-state index in [1.54, 1.807) is 12.4 Å². The minimum Gasteiger partial charge on any atom is -0.357 e. The molecule has 5 heteroatoms. The molecule has 2 N–H and O–H groups in total. The van der Waals surface area contributed by atoms with Gasteiger partial charge in [-0.2, -0.15) is 5.10 Å². The van der Waals surface area contributed by atoms with Crippen LogP contribution in [0.1, 0.15) is 18.1 Å². The van der Waals surface area contributed by atoms with E-state index in [0.717, 1.165) is 11.3 Å². The zero-order chi connectivity index (χ0) is 14.2. The van der Waals surface area contributed by atoms with Gasteiger partial charge in [0.1, 0.15) is 0 Å². The maximum absolute atomic E-state index is 5.18. The summed E-state index contributed by atoms with van der Waals surface area (Å²) >= 11 is 5.18. The van der Waals surface area contributed by atoms with Gasteiger partial charge in [0.15, 0.2) is 5.11 Å². The fraction of sp³-hybridized carbons (Fsp3) is 0.133. The highest BCUT2D eigenvalue weighted by molar-refractivity contribution is 7.80. The van der Waals surface area contributed by atoms with E-state index in [0.29, 0.717) is 11.7 Å². The van der Waals surface area contributed by atoms with Crippen LogP contribution in [0.25, 0.3) is 0 Å². The Morgan fingerprint density at radius 3 is 2.55 bits per heavy atom. The first-order valence-corrected chi connectivity index (χ1v) is 6.69. The molecule has 0 radical (unpaired) electrons. The first-order chi connectivity index (χ1) is 9.75. The van der Waals surface area contributed by atoms with Crippen molar-refractivity contribution in [3.63, 3.8) is 0 Å². The molecule has 0 fully saturated rings. The van der Waals surface area contributed by atoms with Gasteiger partial charge < -0.3 is 5.32 Å². The normalized spacial score (nSPS) is 10.9. The van der Waals surface area contributed by atoms with E-state index in [4.69, 9.17) is 12.2 Å². The van der Waals surface area contributed by atoms with Crippen molar-refractivity contribution < 1.29 is 0 Å². The van der Waals surface area contributed by atoms with E-state index in [1.807, 2.05) is 49.4 Å². The molecule has 2 rings (SSSR count). The Balaban J connectivity index is 1.83. The second-order valence-electron chi connectivity index (χ2n) is 4.21. The lowest BCUT2D eigenvalue weighted by molar-refractivity contribution is 0.866. The average molecular weight is 284 g/mol. The molecule has 0 saturated heterocycles.